The van der Waals surface area contributed by atoms with E-state index in [9.17, 15) is 9.59 Å². The van der Waals surface area contributed by atoms with E-state index in [1.54, 1.807) is 10.9 Å². The number of carbonyl (C=O) groups is 2. The molecule has 1 N–H and O–H groups in total. The molecule has 8 heteroatoms. The lowest BCUT2D eigenvalue weighted by atomic mass is 10.1. The van der Waals surface area contributed by atoms with Gasteiger partial charge < -0.3 is 10.1 Å². The monoisotopic (exact) mass is 309 g/mol. The van der Waals surface area contributed by atoms with Gasteiger partial charge in [-0.15, -0.1) is 5.10 Å². The second kappa shape index (κ2) is 6.87. The van der Waals surface area contributed by atoms with Crippen molar-refractivity contribution in [3.8, 4) is 0 Å². The zero-order chi connectivity index (χ0) is 16.3. The molecular weight excluding hydrogens is 286 g/mol. The van der Waals surface area contributed by atoms with Gasteiger partial charge in [-0.05, 0) is 27.7 Å². The van der Waals surface area contributed by atoms with Crippen LogP contribution in [0.1, 0.15) is 39.4 Å². The molecule has 0 saturated carbocycles. The predicted octanol–water partition coefficient (Wildman–Crippen LogP) is 0.747. The Morgan fingerprint density at radius 2 is 2.05 bits per heavy atom. The Balaban J connectivity index is 1.92. The van der Waals surface area contributed by atoms with Crippen LogP contribution in [0.4, 0.5) is 4.79 Å². The average Bonchev–Trinajstić information content (AvgIpc) is 2.99. The lowest BCUT2D eigenvalue weighted by Crippen LogP contribution is -2.35. The summed E-state index contributed by atoms with van der Waals surface area (Å²) in [5.41, 5.74) is 0.688. The fourth-order valence-electron chi connectivity index (χ4n) is 2.18. The number of nitrogens with zero attached hydrogens (tertiary/aromatic N) is 4. The van der Waals surface area contributed by atoms with E-state index in [4.69, 9.17) is 4.74 Å². The second-order valence-electron chi connectivity index (χ2n) is 5.90. The molecule has 0 spiro atoms. The molecule has 0 unspecified atom stereocenters. The molecule has 2 rings (SSSR count). The Bertz CT molecular complexity index is 540. The Labute approximate surface area is 129 Å². The highest BCUT2D eigenvalue weighted by atomic mass is 16.5. The highest BCUT2D eigenvalue weighted by Crippen LogP contribution is 2.12. The first-order valence-corrected chi connectivity index (χ1v) is 7.52. The molecular formula is C14H23N5O3. The number of carbonyl (C=O) groups excluding carboxylic acids is 2. The summed E-state index contributed by atoms with van der Waals surface area (Å²) in [4.78, 5) is 25.3. The largest absolute Gasteiger partial charge is 0.377 e. The standard InChI is InChI=1S/C14H23N5O3/c1-9(2)19-8-11(16-17-19)7-12-13(20)18(14(21)15-12)5-6-22-10(3)4/h8-10,12H,5-7H2,1-4H3,(H,15,21)/t12-/m0/s1. The molecule has 8 nitrogen and oxygen atoms in total. The van der Waals surface area contributed by atoms with E-state index in [1.165, 1.54) is 4.90 Å². The van der Waals surface area contributed by atoms with Gasteiger partial charge in [0.25, 0.3) is 5.91 Å². The minimum absolute atomic E-state index is 0.0719. The molecule has 1 aromatic heterocycles. The van der Waals surface area contributed by atoms with Crippen molar-refractivity contribution >= 4 is 11.9 Å². The topological polar surface area (TPSA) is 89.3 Å². The van der Waals surface area contributed by atoms with Gasteiger partial charge in [0.2, 0.25) is 0 Å². The average molecular weight is 309 g/mol. The molecule has 3 amide bonds. The van der Waals surface area contributed by atoms with Crippen LogP contribution in [0, 0.1) is 0 Å². The molecule has 1 aliphatic rings. The summed E-state index contributed by atoms with van der Waals surface area (Å²) in [5.74, 6) is -0.239. The van der Waals surface area contributed by atoms with Gasteiger partial charge in [0.15, 0.2) is 0 Å². The van der Waals surface area contributed by atoms with Crippen molar-refractivity contribution in [1.82, 2.24) is 25.2 Å². The lowest BCUT2D eigenvalue weighted by molar-refractivity contribution is -0.128. The number of ether oxygens (including phenoxy) is 1. The molecule has 0 aromatic carbocycles. The van der Waals surface area contributed by atoms with Crippen LogP contribution < -0.4 is 5.32 Å². The number of imide groups is 1. The molecule has 1 aliphatic heterocycles. The number of rotatable bonds is 7. The molecule has 0 bridgehead atoms. The molecule has 1 aromatic rings. The van der Waals surface area contributed by atoms with Gasteiger partial charge in [0.1, 0.15) is 6.04 Å². The highest BCUT2D eigenvalue weighted by molar-refractivity contribution is 6.04. The number of hydrogen-bond donors (Lipinski definition) is 1. The lowest BCUT2D eigenvalue weighted by Gasteiger charge is -2.14. The molecule has 1 atom stereocenters. The maximum atomic E-state index is 12.3. The summed E-state index contributed by atoms with van der Waals surface area (Å²) in [6.45, 7) is 8.42. The van der Waals surface area contributed by atoms with E-state index < -0.39 is 6.04 Å². The SMILES string of the molecule is CC(C)OCCN1C(=O)N[C@@H](Cc2cn(C(C)C)nn2)C1=O. The third-order valence-corrected chi connectivity index (χ3v) is 3.37. The summed E-state index contributed by atoms with van der Waals surface area (Å²) < 4.78 is 7.11. The summed E-state index contributed by atoms with van der Waals surface area (Å²) >= 11 is 0. The predicted molar refractivity (Wildman–Crippen MR) is 79.2 cm³/mol. The number of hydrogen-bond acceptors (Lipinski definition) is 5. The van der Waals surface area contributed by atoms with Crippen LogP contribution >= 0.6 is 0 Å². The van der Waals surface area contributed by atoms with Crippen LogP contribution in [0.5, 0.6) is 0 Å². The summed E-state index contributed by atoms with van der Waals surface area (Å²) in [6, 6.07) is -0.748. The van der Waals surface area contributed by atoms with Crippen LogP contribution in [0.15, 0.2) is 6.20 Å². The van der Waals surface area contributed by atoms with E-state index in [1.807, 2.05) is 27.7 Å². The van der Waals surface area contributed by atoms with E-state index in [-0.39, 0.29) is 30.6 Å². The maximum Gasteiger partial charge on any atom is 0.324 e. The number of urea groups is 1. The van der Waals surface area contributed by atoms with E-state index >= 15 is 0 Å². The second-order valence-corrected chi connectivity index (χ2v) is 5.90. The van der Waals surface area contributed by atoms with Crippen LogP contribution in [-0.2, 0) is 16.0 Å². The zero-order valence-electron chi connectivity index (χ0n) is 13.4. The smallest absolute Gasteiger partial charge is 0.324 e. The third kappa shape index (κ3) is 3.82. The van der Waals surface area contributed by atoms with Crippen molar-refractivity contribution in [3.63, 3.8) is 0 Å². The van der Waals surface area contributed by atoms with E-state index in [2.05, 4.69) is 15.6 Å². The van der Waals surface area contributed by atoms with Crippen LogP contribution in [0.25, 0.3) is 0 Å². The quantitative estimate of drug-likeness (QED) is 0.751. The zero-order valence-corrected chi connectivity index (χ0v) is 13.4. The summed E-state index contributed by atoms with van der Waals surface area (Å²) in [5, 5.41) is 10.7. The van der Waals surface area contributed by atoms with Crippen molar-refractivity contribution in [2.45, 2.75) is 52.3 Å². The number of aromatic nitrogens is 3. The van der Waals surface area contributed by atoms with Gasteiger partial charge in [-0.25, -0.2) is 9.48 Å². The van der Waals surface area contributed by atoms with Gasteiger partial charge >= 0.3 is 6.03 Å². The van der Waals surface area contributed by atoms with Crippen LogP contribution in [-0.4, -0.2) is 57.1 Å². The highest BCUT2D eigenvalue weighted by Gasteiger charge is 2.38. The Morgan fingerprint density at radius 1 is 1.32 bits per heavy atom. The van der Waals surface area contributed by atoms with Crippen molar-refractivity contribution < 1.29 is 14.3 Å². The molecule has 22 heavy (non-hydrogen) atoms. The van der Waals surface area contributed by atoms with Crippen molar-refractivity contribution in [3.05, 3.63) is 11.9 Å². The van der Waals surface area contributed by atoms with E-state index in [0.717, 1.165) is 0 Å². The van der Waals surface area contributed by atoms with Gasteiger partial charge in [-0.1, -0.05) is 5.21 Å². The van der Waals surface area contributed by atoms with Crippen molar-refractivity contribution in [1.29, 1.82) is 0 Å². The van der Waals surface area contributed by atoms with Crippen molar-refractivity contribution in [2.75, 3.05) is 13.2 Å². The third-order valence-electron chi connectivity index (χ3n) is 3.37. The Hall–Kier alpha value is -1.96. The molecule has 1 saturated heterocycles. The normalized spacial score (nSPS) is 18.6. The first kappa shape index (κ1) is 16.4. The minimum Gasteiger partial charge on any atom is -0.377 e. The molecule has 0 aliphatic carbocycles. The number of amides is 3. The fraction of sp³-hybridized carbons (Fsp3) is 0.714. The minimum atomic E-state index is -0.580. The van der Waals surface area contributed by atoms with Gasteiger partial charge in [0.05, 0.1) is 24.9 Å². The molecule has 122 valence electrons. The van der Waals surface area contributed by atoms with Crippen LogP contribution in [0.2, 0.25) is 0 Å². The van der Waals surface area contributed by atoms with E-state index in [0.29, 0.717) is 18.7 Å². The fourth-order valence-corrected chi connectivity index (χ4v) is 2.18. The maximum absolute atomic E-state index is 12.3. The van der Waals surface area contributed by atoms with Gasteiger partial charge in [-0.2, -0.15) is 0 Å². The Kier molecular flexibility index (Phi) is 5.12. The molecule has 0 radical (unpaired) electrons. The first-order chi connectivity index (χ1) is 10.4. The molecule has 1 fully saturated rings. The van der Waals surface area contributed by atoms with Gasteiger partial charge in [-0.3, -0.25) is 9.69 Å². The van der Waals surface area contributed by atoms with Gasteiger partial charge in [0, 0.05) is 18.7 Å². The number of nitrogens with one attached hydrogen (secondary N) is 1. The Morgan fingerprint density at radius 3 is 2.64 bits per heavy atom. The first-order valence-electron chi connectivity index (χ1n) is 7.52. The summed E-state index contributed by atoms with van der Waals surface area (Å²) in [7, 11) is 0. The summed E-state index contributed by atoms with van der Waals surface area (Å²) in [6.07, 6.45) is 2.22. The van der Waals surface area contributed by atoms with Crippen LogP contribution in [0.3, 0.4) is 0 Å². The molecule has 2 heterocycles. The van der Waals surface area contributed by atoms with Crippen molar-refractivity contribution in [2.24, 2.45) is 0 Å².